The number of rotatable bonds is 2. The molecule has 1 aromatic carbocycles. The van der Waals surface area contributed by atoms with Crippen LogP contribution >= 0.6 is 28.3 Å². The van der Waals surface area contributed by atoms with Crippen LogP contribution in [0.15, 0.2) is 22.7 Å². The van der Waals surface area contributed by atoms with E-state index >= 15 is 0 Å². The van der Waals surface area contributed by atoms with E-state index in [4.69, 9.17) is 15.9 Å². The summed E-state index contributed by atoms with van der Waals surface area (Å²) in [7, 11) is 1.55. The molecule has 0 radical (unpaired) electrons. The van der Waals surface area contributed by atoms with Crippen LogP contribution in [0, 0.1) is 5.41 Å². The fourth-order valence-corrected chi connectivity index (χ4v) is 1.23. The number of hydrogen-bond donors (Lipinski definition) is 2. The number of benzene rings is 1. The van der Waals surface area contributed by atoms with Crippen molar-refractivity contribution in [2.24, 2.45) is 5.73 Å². The SMILES string of the molecule is COc1cc(Br)ccc1C(=N)N.Cl. The second kappa shape index (κ2) is 5.09. The summed E-state index contributed by atoms with van der Waals surface area (Å²) in [4.78, 5) is 0. The second-order valence-corrected chi connectivity index (χ2v) is 3.17. The molecule has 0 aromatic heterocycles. The largest absolute Gasteiger partial charge is 0.496 e. The van der Waals surface area contributed by atoms with Crippen LogP contribution in [-0.4, -0.2) is 12.9 Å². The van der Waals surface area contributed by atoms with Crippen molar-refractivity contribution in [3.05, 3.63) is 28.2 Å². The predicted molar refractivity (Wildman–Crippen MR) is 59.0 cm³/mol. The minimum absolute atomic E-state index is 0. The molecule has 1 rings (SSSR count). The zero-order valence-electron chi connectivity index (χ0n) is 7.00. The summed E-state index contributed by atoms with van der Waals surface area (Å²) in [6.45, 7) is 0. The van der Waals surface area contributed by atoms with Crippen LogP contribution in [0.4, 0.5) is 0 Å². The predicted octanol–water partition coefficient (Wildman–Crippen LogP) is 2.16. The van der Waals surface area contributed by atoms with E-state index in [0.717, 1.165) is 4.47 Å². The number of hydrogen-bond acceptors (Lipinski definition) is 2. The normalized spacial score (nSPS) is 8.77. The van der Waals surface area contributed by atoms with Crippen LogP contribution < -0.4 is 10.5 Å². The molecule has 13 heavy (non-hydrogen) atoms. The van der Waals surface area contributed by atoms with Gasteiger partial charge >= 0.3 is 0 Å². The van der Waals surface area contributed by atoms with E-state index in [2.05, 4.69) is 15.9 Å². The molecule has 0 heterocycles. The third-order valence-corrected chi connectivity index (χ3v) is 1.95. The zero-order chi connectivity index (χ0) is 9.14. The van der Waals surface area contributed by atoms with Crippen LogP contribution in [0.25, 0.3) is 0 Å². The first-order valence-electron chi connectivity index (χ1n) is 3.33. The van der Waals surface area contributed by atoms with Gasteiger partial charge in [0.1, 0.15) is 11.6 Å². The van der Waals surface area contributed by atoms with Crippen molar-refractivity contribution in [3.63, 3.8) is 0 Å². The van der Waals surface area contributed by atoms with Crippen LogP contribution in [0.1, 0.15) is 5.56 Å². The fourth-order valence-electron chi connectivity index (χ4n) is 0.888. The first-order chi connectivity index (χ1) is 5.65. The molecular formula is C8H10BrClN2O. The van der Waals surface area contributed by atoms with E-state index in [0.29, 0.717) is 11.3 Å². The Morgan fingerprint density at radius 3 is 2.62 bits per heavy atom. The summed E-state index contributed by atoms with van der Waals surface area (Å²) in [5.74, 6) is 0.622. The Labute approximate surface area is 91.3 Å². The molecule has 0 aliphatic carbocycles. The summed E-state index contributed by atoms with van der Waals surface area (Å²) in [5, 5.41) is 7.23. The van der Waals surface area contributed by atoms with Crippen molar-refractivity contribution in [1.82, 2.24) is 0 Å². The molecule has 0 spiro atoms. The number of amidine groups is 1. The lowest BCUT2D eigenvalue weighted by Gasteiger charge is -2.06. The Bertz CT molecular complexity index is 317. The molecule has 0 saturated heterocycles. The van der Waals surface area contributed by atoms with E-state index in [1.165, 1.54) is 0 Å². The minimum atomic E-state index is 0. The smallest absolute Gasteiger partial charge is 0.130 e. The average molecular weight is 266 g/mol. The van der Waals surface area contributed by atoms with E-state index in [1.54, 1.807) is 19.2 Å². The lowest BCUT2D eigenvalue weighted by Crippen LogP contribution is -2.12. The number of methoxy groups -OCH3 is 1. The van der Waals surface area contributed by atoms with Gasteiger partial charge in [0.05, 0.1) is 12.7 Å². The van der Waals surface area contributed by atoms with Gasteiger partial charge in [-0.1, -0.05) is 15.9 Å². The van der Waals surface area contributed by atoms with Gasteiger partial charge in [-0.15, -0.1) is 12.4 Å². The first kappa shape index (κ1) is 12.3. The molecule has 0 aliphatic rings. The van der Waals surface area contributed by atoms with Crippen molar-refractivity contribution in [1.29, 1.82) is 5.41 Å². The molecule has 0 aliphatic heterocycles. The van der Waals surface area contributed by atoms with Gasteiger partial charge in [0.25, 0.3) is 0 Å². The lowest BCUT2D eigenvalue weighted by atomic mass is 10.2. The first-order valence-corrected chi connectivity index (χ1v) is 4.12. The Balaban J connectivity index is 0.00000144. The maximum absolute atomic E-state index is 7.23. The second-order valence-electron chi connectivity index (χ2n) is 2.26. The van der Waals surface area contributed by atoms with Gasteiger partial charge in [-0.2, -0.15) is 0 Å². The fraction of sp³-hybridized carbons (Fsp3) is 0.125. The summed E-state index contributed by atoms with van der Waals surface area (Å²) in [6.07, 6.45) is 0. The van der Waals surface area contributed by atoms with Crippen LogP contribution in [0.5, 0.6) is 5.75 Å². The standard InChI is InChI=1S/C8H9BrN2O.ClH/c1-12-7-4-5(9)2-3-6(7)8(10)11;/h2-4H,1H3,(H3,10,11);1H. The van der Waals surface area contributed by atoms with Crippen LogP contribution in [0.3, 0.4) is 0 Å². The zero-order valence-corrected chi connectivity index (χ0v) is 9.41. The molecule has 0 fully saturated rings. The lowest BCUT2D eigenvalue weighted by molar-refractivity contribution is 0.413. The molecule has 1 aromatic rings. The molecule has 0 saturated carbocycles. The summed E-state index contributed by atoms with van der Waals surface area (Å²) in [5.41, 5.74) is 5.94. The highest BCUT2D eigenvalue weighted by Gasteiger charge is 2.04. The van der Waals surface area contributed by atoms with Crippen LogP contribution in [-0.2, 0) is 0 Å². The van der Waals surface area contributed by atoms with E-state index in [1.807, 2.05) is 6.07 Å². The molecule has 0 atom stereocenters. The van der Waals surface area contributed by atoms with Gasteiger partial charge in [-0.3, -0.25) is 5.41 Å². The topological polar surface area (TPSA) is 59.1 Å². The quantitative estimate of drug-likeness (QED) is 0.636. The van der Waals surface area contributed by atoms with Gasteiger partial charge in [-0.25, -0.2) is 0 Å². The van der Waals surface area contributed by atoms with Gasteiger partial charge < -0.3 is 10.5 Å². The highest BCUT2D eigenvalue weighted by atomic mass is 79.9. The Morgan fingerprint density at radius 1 is 1.54 bits per heavy atom. The molecule has 0 amide bonds. The Morgan fingerprint density at radius 2 is 2.15 bits per heavy atom. The number of halogens is 2. The van der Waals surface area contributed by atoms with Crippen molar-refractivity contribution in [2.45, 2.75) is 0 Å². The molecule has 0 unspecified atom stereocenters. The molecule has 0 bridgehead atoms. The third kappa shape index (κ3) is 2.90. The number of nitrogen functional groups attached to an aromatic ring is 1. The van der Waals surface area contributed by atoms with Gasteiger partial charge in [0, 0.05) is 4.47 Å². The van der Waals surface area contributed by atoms with Gasteiger partial charge in [0.2, 0.25) is 0 Å². The van der Waals surface area contributed by atoms with Crippen molar-refractivity contribution in [3.8, 4) is 5.75 Å². The number of nitrogens with two attached hydrogens (primary N) is 1. The van der Waals surface area contributed by atoms with Crippen molar-refractivity contribution < 1.29 is 4.74 Å². The third-order valence-electron chi connectivity index (χ3n) is 1.45. The highest BCUT2D eigenvalue weighted by molar-refractivity contribution is 9.10. The molecular weight excluding hydrogens is 255 g/mol. The molecule has 3 N–H and O–H groups in total. The Hall–Kier alpha value is -0.740. The van der Waals surface area contributed by atoms with Gasteiger partial charge in [-0.05, 0) is 18.2 Å². The summed E-state index contributed by atoms with van der Waals surface area (Å²) < 4.78 is 5.94. The average Bonchev–Trinajstić information content (AvgIpc) is 2.03. The maximum atomic E-state index is 7.23. The van der Waals surface area contributed by atoms with Crippen molar-refractivity contribution in [2.75, 3.05) is 7.11 Å². The maximum Gasteiger partial charge on any atom is 0.130 e. The monoisotopic (exact) mass is 264 g/mol. The number of ether oxygens (including phenoxy) is 1. The summed E-state index contributed by atoms with van der Waals surface area (Å²) in [6, 6.07) is 5.33. The summed E-state index contributed by atoms with van der Waals surface area (Å²) >= 11 is 3.29. The number of nitrogens with one attached hydrogen (secondary N) is 1. The minimum Gasteiger partial charge on any atom is -0.496 e. The molecule has 3 nitrogen and oxygen atoms in total. The van der Waals surface area contributed by atoms with E-state index < -0.39 is 0 Å². The van der Waals surface area contributed by atoms with E-state index in [-0.39, 0.29) is 18.2 Å². The van der Waals surface area contributed by atoms with Crippen molar-refractivity contribution >= 4 is 34.2 Å². The Kier molecular flexibility index (Phi) is 4.80. The van der Waals surface area contributed by atoms with E-state index in [9.17, 15) is 0 Å². The van der Waals surface area contributed by atoms with Gasteiger partial charge in [0.15, 0.2) is 0 Å². The molecule has 5 heteroatoms. The molecule has 72 valence electrons. The van der Waals surface area contributed by atoms with Crippen LogP contribution in [0.2, 0.25) is 0 Å². The highest BCUT2D eigenvalue weighted by Crippen LogP contribution is 2.22.